The lowest BCUT2D eigenvalue weighted by Gasteiger charge is -2.34. The summed E-state index contributed by atoms with van der Waals surface area (Å²) in [5.74, 6) is 0.397. The molecule has 0 aliphatic heterocycles. The molecule has 0 aliphatic rings. The van der Waals surface area contributed by atoms with Crippen molar-refractivity contribution in [1.29, 1.82) is 0 Å². The van der Waals surface area contributed by atoms with Gasteiger partial charge >= 0.3 is 0 Å². The van der Waals surface area contributed by atoms with Crippen LogP contribution < -0.4 is 10.1 Å². The maximum absolute atomic E-state index is 13.7. The minimum absolute atomic E-state index is 0.146. The summed E-state index contributed by atoms with van der Waals surface area (Å²) in [4.78, 5) is 28.9. The van der Waals surface area contributed by atoms with Crippen LogP contribution in [0.2, 0.25) is 10.0 Å². The first kappa shape index (κ1) is 28.5. The van der Waals surface area contributed by atoms with Crippen LogP contribution in [0.3, 0.4) is 0 Å². The van der Waals surface area contributed by atoms with Gasteiger partial charge in [-0.05, 0) is 62.6 Å². The van der Waals surface area contributed by atoms with Crippen molar-refractivity contribution >= 4 is 35.0 Å². The van der Waals surface area contributed by atoms with Crippen LogP contribution in [0.15, 0.2) is 78.9 Å². The van der Waals surface area contributed by atoms with Gasteiger partial charge < -0.3 is 15.0 Å². The molecule has 1 N–H and O–H groups in total. The molecule has 196 valence electrons. The molecular weight excluding hydrogens is 507 g/mol. The number of carbonyl (C=O) groups excluding carboxylic acids is 2. The normalized spacial score (nSPS) is 12.0. The van der Waals surface area contributed by atoms with E-state index in [-0.39, 0.29) is 24.8 Å². The number of para-hydroxylation sites is 1. The van der Waals surface area contributed by atoms with Crippen LogP contribution in [-0.2, 0) is 22.6 Å². The van der Waals surface area contributed by atoms with E-state index in [9.17, 15) is 9.59 Å². The predicted molar refractivity (Wildman–Crippen MR) is 150 cm³/mol. The van der Waals surface area contributed by atoms with Crippen molar-refractivity contribution in [2.75, 3.05) is 6.61 Å². The number of carbonyl (C=O) groups is 2. The van der Waals surface area contributed by atoms with Gasteiger partial charge in [-0.25, -0.2) is 0 Å². The highest BCUT2D eigenvalue weighted by atomic mass is 35.5. The molecule has 1 atom stereocenters. The van der Waals surface area contributed by atoms with Crippen molar-refractivity contribution in [3.8, 4) is 5.75 Å². The molecule has 3 rings (SSSR count). The largest absolute Gasteiger partial charge is 0.494 e. The number of rotatable bonds is 11. The maximum Gasteiger partial charge on any atom is 0.243 e. The number of nitrogens with one attached hydrogen (secondary N) is 1. The highest BCUT2D eigenvalue weighted by molar-refractivity contribution is 6.35. The molecule has 0 radical (unpaired) electrons. The summed E-state index contributed by atoms with van der Waals surface area (Å²) in [6, 6.07) is 23.6. The van der Waals surface area contributed by atoms with E-state index in [0.29, 0.717) is 29.5 Å². The van der Waals surface area contributed by atoms with E-state index in [4.69, 9.17) is 27.9 Å². The van der Waals surface area contributed by atoms with E-state index < -0.39 is 11.6 Å². The lowest BCUT2D eigenvalue weighted by atomic mass is 10.00. The minimum Gasteiger partial charge on any atom is -0.494 e. The fourth-order valence-electron chi connectivity index (χ4n) is 3.91. The summed E-state index contributed by atoms with van der Waals surface area (Å²) in [5.41, 5.74) is 1.23. The van der Waals surface area contributed by atoms with Crippen molar-refractivity contribution < 1.29 is 14.3 Å². The zero-order chi connectivity index (χ0) is 26.8. The molecule has 0 unspecified atom stereocenters. The lowest BCUT2D eigenvalue weighted by molar-refractivity contribution is -0.142. The molecule has 0 spiro atoms. The minimum atomic E-state index is -0.726. The molecule has 0 aromatic heterocycles. The maximum atomic E-state index is 13.7. The first-order chi connectivity index (χ1) is 17.6. The Morgan fingerprint density at radius 2 is 1.59 bits per heavy atom. The smallest absolute Gasteiger partial charge is 0.243 e. The molecular formula is C30H34Cl2N2O3. The van der Waals surface area contributed by atoms with E-state index in [0.717, 1.165) is 16.9 Å². The highest BCUT2D eigenvalue weighted by Gasteiger charge is 2.32. The zero-order valence-electron chi connectivity index (χ0n) is 21.5. The van der Waals surface area contributed by atoms with Crippen molar-refractivity contribution in [3.63, 3.8) is 0 Å². The van der Waals surface area contributed by atoms with E-state index in [1.165, 1.54) is 0 Å². The zero-order valence-corrected chi connectivity index (χ0v) is 23.1. The van der Waals surface area contributed by atoms with Gasteiger partial charge in [0.15, 0.2) is 0 Å². The fourth-order valence-corrected chi connectivity index (χ4v) is 4.38. The van der Waals surface area contributed by atoms with E-state index in [2.05, 4.69) is 5.32 Å². The Bertz CT molecular complexity index is 1160. The van der Waals surface area contributed by atoms with Gasteiger partial charge in [-0.3, -0.25) is 9.59 Å². The third kappa shape index (κ3) is 9.42. The Morgan fingerprint density at radius 3 is 2.22 bits per heavy atom. The number of halogens is 2. The second-order valence-electron chi connectivity index (χ2n) is 9.97. The molecule has 5 nitrogen and oxygen atoms in total. The van der Waals surface area contributed by atoms with Gasteiger partial charge in [0, 0.05) is 35.0 Å². The van der Waals surface area contributed by atoms with Gasteiger partial charge in [0.1, 0.15) is 11.8 Å². The average Bonchev–Trinajstić information content (AvgIpc) is 2.85. The molecule has 0 bridgehead atoms. The molecule has 2 amide bonds. The standard InChI is InChI=1S/C30H34Cl2N2O3/c1-30(2,3)33-29(36)27(19-22-11-6-4-7-12-22)34(21-23-16-17-24(31)20-26(23)32)28(35)15-10-18-37-25-13-8-5-9-14-25/h4-9,11-14,16-17,20,27H,10,15,18-19,21H2,1-3H3,(H,33,36)/t27-/m1/s1. The highest BCUT2D eigenvalue weighted by Crippen LogP contribution is 2.25. The van der Waals surface area contributed by atoms with Crippen LogP contribution >= 0.6 is 23.2 Å². The number of amides is 2. The van der Waals surface area contributed by atoms with Gasteiger partial charge in [-0.1, -0.05) is 77.8 Å². The van der Waals surface area contributed by atoms with Gasteiger partial charge in [-0.15, -0.1) is 0 Å². The third-order valence-corrected chi connectivity index (χ3v) is 6.26. The SMILES string of the molecule is CC(C)(C)NC(=O)[C@@H](Cc1ccccc1)N(Cc1ccc(Cl)cc1Cl)C(=O)CCCOc1ccccc1. The number of hydrogen-bond acceptors (Lipinski definition) is 3. The van der Waals surface area contributed by atoms with E-state index in [1.807, 2.05) is 81.4 Å². The molecule has 0 heterocycles. The van der Waals surface area contributed by atoms with Gasteiger partial charge in [0.25, 0.3) is 0 Å². The monoisotopic (exact) mass is 540 g/mol. The molecule has 37 heavy (non-hydrogen) atoms. The Kier molecular flexibility index (Phi) is 10.4. The Hall–Kier alpha value is -3.02. The molecule has 0 fully saturated rings. The molecule has 0 saturated heterocycles. The second-order valence-corrected chi connectivity index (χ2v) is 10.8. The molecule has 3 aromatic rings. The van der Waals surface area contributed by atoms with Crippen LogP contribution in [0.1, 0.15) is 44.7 Å². The number of benzene rings is 3. The number of hydrogen-bond donors (Lipinski definition) is 1. The molecule has 7 heteroatoms. The predicted octanol–water partition coefficient (Wildman–Crippen LogP) is 6.71. The third-order valence-electron chi connectivity index (χ3n) is 5.67. The van der Waals surface area contributed by atoms with Crippen LogP contribution in [-0.4, -0.2) is 34.9 Å². The summed E-state index contributed by atoms with van der Waals surface area (Å²) in [6.07, 6.45) is 1.11. The van der Waals surface area contributed by atoms with Crippen LogP contribution in [0, 0.1) is 0 Å². The molecule has 3 aromatic carbocycles. The average molecular weight is 542 g/mol. The first-order valence-corrected chi connectivity index (χ1v) is 13.1. The number of ether oxygens (including phenoxy) is 1. The quantitative estimate of drug-likeness (QED) is 0.275. The van der Waals surface area contributed by atoms with Crippen molar-refractivity contribution in [1.82, 2.24) is 10.2 Å². The molecule has 0 aliphatic carbocycles. The number of nitrogens with zero attached hydrogens (tertiary/aromatic N) is 1. The summed E-state index contributed by atoms with van der Waals surface area (Å²) < 4.78 is 5.77. The van der Waals surface area contributed by atoms with Crippen LogP contribution in [0.4, 0.5) is 0 Å². The fraction of sp³-hybridized carbons (Fsp3) is 0.333. The Labute approximate surface area is 229 Å². The molecule has 0 saturated carbocycles. The van der Waals surface area contributed by atoms with E-state index >= 15 is 0 Å². The lowest BCUT2D eigenvalue weighted by Crippen LogP contribution is -2.54. The van der Waals surface area contributed by atoms with Crippen molar-refractivity contribution in [3.05, 3.63) is 100 Å². The van der Waals surface area contributed by atoms with Crippen molar-refractivity contribution in [2.24, 2.45) is 0 Å². The second kappa shape index (κ2) is 13.5. The van der Waals surface area contributed by atoms with Gasteiger partial charge in [0.05, 0.1) is 6.61 Å². The summed E-state index contributed by atoms with van der Waals surface area (Å²) in [7, 11) is 0. The summed E-state index contributed by atoms with van der Waals surface area (Å²) in [5, 5.41) is 4.02. The first-order valence-electron chi connectivity index (χ1n) is 12.4. The Balaban J connectivity index is 1.85. The Morgan fingerprint density at radius 1 is 0.946 bits per heavy atom. The summed E-state index contributed by atoms with van der Waals surface area (Å²) >= 11 is 12.6. The van der Waals surface area contributed by atoms with Crippen LogP contribution in [0.5, 0.6) is 5.75 Å². The van der Waals surface area contributed by atoms with Gasteiger partial charge in [0.2, 0.25) is 11.8 Å². The summed E-state index contributed by atoms with van der Waals surface area (Å²) in [6.45, 7) is 6.35. The van der Waals surface area contributed by atoms with E-state index in [1.54, 1.807) is 23.1 Å². The topological polar surface area (TPSA) is 58.6 Å². The van der Waals surface area contributed by atoms with Gasteiger partial charge in [-0.2, -0.15) is 0 Å². The van der Waals surface area contributed by atoms with Crippen LogP contribution in [0.25, 0.3) is 0 Å². The van der Waals surface area contributed by atoms with Crippen molar-refractivity contribution in [2.45, 2.75) is 58.2 Å².